The number of carbonyl (C=O) groups is 1. The number of halogens is 2. The first kappa shape index (κ1) is 15.2. The predicted octanol–water partition coefficient (Wildman–Crippen LogP) is 3.13. The molecule has 2 aliphatic rings. The molecular formula is C16H20F2N2O2. The third-order valence-electron chi connectivity index (χ3n) is 4.54. The van der Waals surface area contributed by atoms with E-state index in [4.69, 9.17) is 4.74 Å². The standard InChI is InChI=1S/C16H20F2N2O2/c1-22-15(21)13-3-2-7-19-14(13)20-8-6-16(17,18)9-12(10-20)11-4-5-11/h2-3,7,11-12H,4-6,8-10H2,1H3. The van der Waals surface area contributed by atoms with Gasteiger partial charge in [-0.15, -0.1) is 0 Å². The van der Waals surface area contributed by atoms with E-state index in [1.54, 1.807) is 18.3 Å². The fourth-order valence-corrected chi connectivity index (χ4v) is 3.22. The molecule has 1 aliphatic heterocycles. The van der Waals surface area contributed by atoms with Gasteiger partial charge in [-0.3, -0.25) is 0 Å². The van der Waals surface area contributed by atoms with Crippen molar-refractivity contribution in [2.45, 2.75) is 31.6 Å². The van der Waals surface area contributed by atoms with Gasteiger partial charge in [0.2, 0.25) is 5.92 Å². The maximum Gasteiger partial charge on any atom is 0.341 e. The molecule has 2 fully saturated rings. The Labute approximate surface area is 128 Å². The third-order valence-corrected chi connectivity index (χ3v) is 4.54. The highest BCUT2D eigenvalue weighted by molar-refractivity contribution is 5.94. The smallest absolute Gasteiger partial charge is 0.341 e. The number of aromatic nitrogens is 1. The highest BCUT2D eigenvalue weighted by atomic mass is 19.3. The van der Waals surface area contributed by atoms with Crippen LogP contribution in [0.1, 0.15) is 36.0 Å². The second-order valence-electron chi connectivity index (χ2n) is 6.22. The first-order chi connectivity index (χ1) is 10.5. The number of alkyl halides is 2. The van der Waals surface area contributed by atoms with E-state index in [1.807, 2.05) is 4.90 Å². The van der Waals surface area contributed by atoms with Crippen molar-refractivity contribution in [1.82, 2.24) is 4.98 Å². The molecule has 0 spiro atoms. The summed E-state index contributed by atoms with van der Waals surface area (Å²) < 4.78 is 32.7. The van der Waals surface area contributed by atoms with Crippen molar-refractivity contribution in [2.75, 3.05) is 25.1 Å². The number of methoxy groups -OCH3 is 1. The lowest BCUT2D eigenvalue weighted by molar-refractivity contribution is -0.0236. The van der Waals surface area contributed by atoms with Crippen molar-refractivity contribution < 1.29 is 18.3 Å². The first-order valence-electron chi connectivity index (χ1n) is 7.66. The summed E-state index contributed by atoms with van der Waals surface area (Å²) in [7, 11) is 1.31. The number of rotatable bonds is 3. The van der Waals surface area contributed by atoms with Gasteiger partial charge < -0.3 is 9.64 Å². The summed E-state index contributed by atoms with van der Waals surface area (Å²) in [5, 5.41) is 0. The van der Waals surface area contributed by atoms with E-state index >= 15 is 0 Å². The summed E-state index contributed by atoms with van der Waals surface area (Å²) in [6, 6.07) is 3.28. The van der Waals surface area contributed by atoms with Crippen molar-refractivity contribution >= 4 is 11.8 Å². The van der Waals surface area contributed by atoms with Crippen LogP contribution in [-0.2, 0) is 4.74 Å². The fourth-order valence-electron chi connectivity index (χ4n) is 3.22. The lowest BCUT2D eigenvalue weighted by Gasteiger charge is -2.26. The Bertz CT molecular complexity index is 561. The summed E-state index contributed by atoms with van der Waals surface area (Å²) >= 11 is 0. The zero-order valence-corrected chi connectivity index (χ0v) is 12.6. The van der Waals surface area contributed by atoms with E-state index in [2.05, 4.69) is 4.98 Å². The highest BCUT2D eigenvalue weighted by Crippen LogP contribution is 2.45. The lowest BCUT2D eigenvalue weighted by atomic mass is 9.96. The van der Waals surface area contributed by atoms with Gasteiger partial charge in [-0.2, -0.15) is 0 Å². The van der Waals surface area contributed by atoms with Gasteiger partial charge in [0.15, 0.2) is 0 Å². The van der Waals surface area contributed by atoms with Crippen LogP contribution in [0, 0.1) is 11.8 Å². The van der Waals surface area contributed by atoms with E-state index in [0.717, 1.165) is 12.8 Å². The van der Waals surface area contributed by atoms with Gasteiger partial charge in [0.1, 0.15) is 11.4 Å². The zero-order chi connectivity index (χ0) is 15.7. The quantitative estimate of drug-likeness (QED) is 0.805. The molecule has 1 saturated carbocycles. The molecule has 1 aromatic rings. The maximum atomic E-state index is 14.0. The normalized spacial score (nSPS) is 24.7. The minimum atomic E-state index is -2.64. The first-order valence-corrected chi connectivity index (χ1v) is 7.66. The van der Waals surface area contributed by atoms with Crippen molar-refractivity contribution in [3.63, 3.8) is 0 Å². The topological polar surface area (TPSA) is 42.4 Å². The largest absolute Gasteiger partial charge is 0.465 e. The Morgan fingerprint density at radius 3 is 2.86 bits per heavy atom. The molecule has 6 heteroatoms. The Kier molecular flexibility index (Phi) is 4.02. The molecule has 0 amide bonds. The summed E-state index contributed by atoms with van der Waals surface area (Å²) in [6.07, 6.45) is 3.38. The number of carbonyl (C=O) groups excluding carboxylic acids is 1. The van der Waals surface area contributed by atoms with E-state index < -0.39 is 11.9 Å². The SMILES string of the molecule is COC(=O)c1cccnc1N1CCC(F)(F)CC(C2CC2)C1. The number of hydrogen-bond acceptors (Lipinski definition) is 4. The Morgan fingerprint density at radius 1 is 1.41 bits per heavy atom. The molecule has 4 nitrogen and oxygen atoms in total. The van der Waals surface area contributed by atoms with Crippen LogP contribution >= 0.6 is 0 Å². The van der Waals surface area contributed by atoms with Gasteiger partial charge in [0.05, 0.1) is 7.11 Å². The molecule has 0 radical (unpaired) electrons. The number of hydrogen-bond donors (Lipinski definition) is 0. The average Bonchev–Trinajstić information content (AvgIpc) is 3.34. The van der Waals surface area contributed by atoms with Crippen molar-refractivity contribution in [2.24, 2.45) is 11.8 Å². The Hall–Kier alpha value is -1.72. The predicted molar refractivity (Wildman–Crippen MR) is 78.2 cm³/mol. The minimum Gasteiger partial charge on any atom is -0.465 e. The lowest BCUT2D eigenvalue weighted by Crippen LogP contribution is -2.31. The third kappa shape index (κ3) is 3.20. The fraction of sp³-hybridized carbons (Fsp3) is 0.625. The van der Waals surface area contributed by atoms with Crippen LogP contribution in [0.25, 0.3) is 0 Å². The number of pyridine rings is 1. The van der Waals surface area contributed by atoms with Crippen molar-refractivity contribution in [1.29, 1.82) is 0 Å². The molecule has 1 unspecified atom stereocenters. The molecule has 1 saturated heterocycles. The van der Waals surface area contributed by atoms with Gasteiger partial charge in [-0.05, 0) is 36.8 Å². The molecule has 120 valence electrons. The Morgan fingerprint density at radius 2 is 2.18 bits per heavy atom. The van der Waals surface area contributed by atoms with E-state index in [0.29, 0.717) is 23.8 Å². The number of ether oxygens (including phenoxy) is 1. The summed E-state index contributed by atoms with van der Waals surface area (Å²) in [6.45, 7) is 0.735. The number of esters is 1. The molecule has 3 rings (SSSR count). The second kappa shape index (κ2) is 5.82. The van der Waals surface area contributed by atoms with Gasteiger partial charge in [-0.1, -0.05) is 0 Å². The monoisotopic (exact) mass is 310 g/mol. The van der Waals surface area contributed by atoms with Crippen molar-refractivity contribution in [3.05, 3.63) is 23.9 Å². The molecule has 2 heterocycles. The van der Waals surface area contributed by atoms with Gasteiger partial charge in [0.25, 0.3) is 0 Å². The second-order valence-corrected chi connectivity index (χ2v) is 6.22. The van der Waals surface area contributed by atoms with E-state index in [9.17, 15) is 13.6 Å². The molecule has 0 N–H and O–H groups in total. The Balaban J connectivity index is 1.88. The van der Waals surface area contributed by atoms with Gasteiger partial charge >= 0.3 is 5.97 Å². The molecular weight excluding hydrogens is 290 g/mol. The molecule has 0 aromatic carbocycles. The molecule has 1 aromatic heterocycles. The van der Waals surface area contributed by atoms with Crippen LogP contribution in [0.4, 0.5) is 14.6 Å². The van der Waals surface area contributed by atoms with E-state index in [1.165, 1.54) is 7.11 Å². The van der Waals surface area contributed by atoms with Crippen LogP contribution in [0.5, 0.6) is 0 Å². The van der Waals surface area contributed by atoms with Gasteiger partial charge in [0, 0.05) is 32.1 Å². The van der Waals surface area contributed by atoms with Gasteiger partial charge in [-0.25, -0.2) is 18.6 Å². The van der Waals surface area contributed by atoms with E-state index in [-0.39, 0.29) is 25.3 Å². The highest BCUT2D eigenvalue weighted by Gasteiger charge is 2.43. The maximum absolute atomic E-state index is 14.0. The van der Waals surface area contributed by atoms with Crippen LogP contribution in [0.3, 0.4) is 0 Å². The molecule has 0 bridgehead atoms. The molecule has 1 aliphatic carbocycles. The van der Waals surface area contributed by atoms with Crippen LogP contribution in [-0.4, -0.2) is 37.1 Å². The minimum absolute atomic E-state index is 0.0370. The number of anilines is 1. The average molecular weight is 310 g/mol. The van der Waals surface area contributed by atoms with Crippen molar-refractivity contribution in [3.8, 4) is 0 Å². The summed E-state index contributed by atoms with van der Waals surface area (Å²) in [5.41, 5.74) is 0.338. The summed E-state index contributed by atoms with van der Waals surface area (Å²) in [4.78, 5) is 18.0. The van der Waals surface area contributed by atoms with Crippen LogP contribution in [0.15, 0.2) is 18.3 Å². The molecule has 22 heavy (non-hydrogen) atoms. The van der Waals surface area contributed by atoms with Crippen LogP contribution < -0.4 is 4.90 Å². The summed E-state index contributed by atoms with van der Waals surface area (Å²) in [5.74, 6) is -2.32. The van der Waals surface area contributed by atoms with Crippen LogP contribution in [0.2, 0.25) is 0 Å². The number of nitrogens with zero attached hydrogens (tertiary/aromatic N) is 2. The molecule has 1 atom stereocenters. The zero-order valence-electron chi connectivity index (χ0n) is 12.6.